The van der Waals surface area contributed by atoms with Gasteiger partial charge in [0.1, 0.15) is 12.2 Å². The van der Waals surface area contributed by atoms with Crippen LogP contribution in [0.25, 0.3) is 0 Å². The van der Waals surface area contributed by atoms with Crippen LogP contribution in [-0.4, -0.2) is 41.8 Å². The molecule has 1 aliphatic heterocycles. The lowest BCUT2D eigenvalue weighted by atomic mass is 9.98. The summed E-state index contributed by atoms with van der Waals surface area (Å²) in [6, 6.07) is 28.0. The van der Waals surface area contributed by atoms with E-state index in [2.05, 4.69) is 0 Å². The Hall–Kier alpha value is -3.03. The summed E-state index contributed by atoms with van der Waals surface area (Å²) in [5.74, 6) is -0.511. The summed E-state index contributed by atoms with van der Waals surface area (Å²) >= 11 is 0. The van der Waals surface area contributed by atoms with Crippen molar-refractivity contribution in [3.63, 3.8) is 0 Å². The number of benzene rings is 3. The van der Waals surface area contributed by atoms with Gasteiger partial charge in [-0.25, -0.2) is 4.79 Å². The molecule has 1 fully saturated rings. The summed E-state index contributed by atoms with van der Waals surface area (Å²) in [5.41, 5.74) is 2.32. The molecule has 3 aromatic carbocycles. The molecule has 5 atom stereocenters. The van der Waals surface area contributed by atoms with Gasteiger partial charge in [0, 0.05) is 0 Å². The normalized spacial score (nSPS) is 24.8. The zero-order chi connectivity index (χ0) is 23.0. The van der Waals surface area contributed by atoms with Gasteiger partial charge in [-0.05, 0) is 30.2 Å². The number of hydrogen-bond acceptors (Lipinski definition) is 6. The summed E-state index contributed by atoms with van der Waals surface area (Å²) in [6.07, 6.45) is -4.22. The second-order valence-electron chi connectivity index (χ2n) is 7.99. The average molecular weight is 449 g/mol. The van der Waals surface area contributed by atoms with Crippen LogP contribution in [0.15, 0.2) is 91.0 Å². The Balaban J connectivity index is 1.55. The van der Waals surface area contributed by atoms with Gasteiger partial charge in [0.25, 0.3) is 0 Å². The van der Waals surface area contributed by atoms with Gasteiger partial charge >= 0.3 is 5.97 Å². The molecule has 1 heterocycles. The van der Waals surface area contributed by atoms with Gasteiger partial charge in [0.05, 0.1) is 24.9 Å². The molecule has 6 heteroatoms. The van der Waals surface area contributed by atoms with Crippen molar-refractivity contribution in [2.24, 2.45) is 0 Å². The van der Waals surface area contributed by atoms with Gasteiger partial charge in [0.15, 0.2) is 12.4 Å². The van der Waals surface area contributed by atoms with Crippen LogP contribution < -0.4 is 0 Å². The molecule has 6 nitrogen and oxygen atoms in total. The number of carbonyl (C=O) groups is 1. The molecular weight excluding hydrogens is 420 g/mol. The van der Waals surface area contributed by atoms with Crippen molar-refractivity contribution in [1.29, 1.82) is 0 Å². The number of rotatable bonds is 8. The number of ether oxygens (including phenoxy) is 4. The summed E-state index contributed by atoms with van der Waals surface area (Å²) in [5, 5.41) is 10.7. The highest BCUT2D eigenvalue weighted by Crippen LogP contribution is 2.29. The van der Waals surface area contributed by atoms with Gasteiger partial charge in [-0.15, -0.1) is 0 Å². The van der Waals surface area contributed by atoms with Crippen molar-refractivity contribution in [3.05, 3.63) is 108 Å². The molecule has 0 radical (unpaired) electrons. The summed E-state index contributed by atoms with van der Waals surface area (Å²) in [4.78, 5) is 12.9. The Morgan fingerprint density at radius 2 is 1.24 bits per heavy atom. The SMILES string of the molecule is C[C@@H]1OC(O)[C@@H](OCc2ccccc2)[C@H](OC(=O)c2ccccc2)[C@@H]1OCc1ccccc1. The molecule has 3 aromatic rings. The van der Waals surface area contributed by atoms with Crippen molar-refractivity contribution in [2.45, 2.75) is 50.8 Å². The van der Waals surface area contributed by atoms with Crippen molar-refractivity contribution in [2.75, 3.05) is 0 Å². The highest BCUT2D eigenvalue weighted by atomic mass is 16.7. The third-order valence-electron chi connectivity index (χ3n) is 5.57. The Morgan fingerprint density at radius 1 is 0.758 bits per heavy atom. The molecule has 1 aliphatic rings. The Morgan fingerprint density at radius 3 is 1.79 bits per heavy atom. The monoisotopic (exact) mass is 448 g/mol. The third kappa shape index (κ3) is 6.06. The summed E-state index contributed by atoms with van der Waals surface area (Å²) in [7, 11) is 0. The maximum atomic E-state index is 12.9. The maximum Gasteiger partial charge on any atom is 0.338 e. The minimum Gasteiger partial charge on any atom is -0.453 e. The van der Waals surface area contributed by atoms with Gasteiger partial charge < -0.3 is 24.1 Å². The van der Waals surface area contributed by atoms with E-state index < -0.39 is 36.7 Å². The smallest absolute Gasteiger partial charge is 0.338 e. The lowest BCUT2D eigenvalue weighted by molar-refractivity contribution is -0.298. The first-order valence-electron chi connectivity index (χ1n) is 11.0. The molecule has 0 spiro atoms. The van der Waals surface area contributed by atoms with Crippen molar-refractivity contribution in [3.8, 4) is 0 Å². The first-order chi connectivity index (χ1) is 16.1. The molecule has 1 saturated heterocycles. The molecular formula is C27H28O6. The van der Waals surface area contributed by atoms with Gasteiger partial charge in [-0.2, -0.15) is 0 Å². The third-order valence-corrected chi connectivity index (χ3v) is 5.57. The maximum absolute atomic E-state index is 12.9. The van der Waals surface area contributed by atoms with Crippen LogP contribution in [0.2, 0.25) is 0 Å². The van der Waals surface area contributed by atoms with E-state index in [9.17, 15) is 9.90 Å². The van der Waals surface area contributed by atoms with E-state index in [0.717, 1.165) is 11.1 Å². The molecule has 0 aromatic heterocycles. The fourth-order valence-corrected chi connectivity index (χ4v) is 3.83. The summed E-state index contributed by atoms with van der Waals surface area (Å²) < 4.78 is 23.8. The van der Waals surface area contributed by atoms with E-state index in [1.54, 1.807) is 31.2 Å². The van der Waals surface area contributed by atoms with Crippen LogP contribution in [0.3, 0.4) is 0 Å². The van der Waals surface area contributed by atoms with E-state index in [0.29, 0.717) is 12.2 Å². The predicted molar refractivity (Wildman–Crippen MR) is 122 cm³/mol. The van der Waals surface area contributed by atoms with E-state index in [-0.39, 0.29) is 6.61 Å². The Bertz CT molecular complexity index is 939. The summed E-state index contributed by atoms with van der Waals surface area (Å²) in [6.45, 7) is 2.32. The molecule has 0 amide bonds. The second-order valence-corrected chi connectivity index (χ2v) is 7.99. The molecule has 4 rings (SSSR count). The van der Waals surface area contributed by atoms with E-state index >= 15 is 0 Å². The first kappa shape index (κ1) is 23.1. The van der Waals surface area contributed by atoms with Crippen LogP contribution >= 0.6 is 0 Å². The molecule has 172 valence electrons. The van der Waals surface area contributed by atoms with Crippen molar-refractivity contribution in [1.82, 2.24) is 0 Å². The van der Waals surface area contributed by atoms with Crippen molar-refractivity contribution < 1.29 is 28.8 Å². The topological polar surface area (TPSA) is 74.2 Å². The first-order valence-corrected chi connectivity index (χ1v) is 11.0. The lowest BCUT2D eigenvalue weighted by Gasteiger charge is -2.43. The molecule has 33 heavy (non-hydrogen) atoms. The molecule has 0 bridgehead atoms. The second kappa shape index (κ2) is 11.2. The van der Waals surface area contributed by atoms with Gasteiger partial charge in [-0.3, -0.25) is 0 Å². The van der Waals surface area contributed by atoms with Crippen LogP contribution in [0.1, 0.15) is 28.4 Å². The predicted octanol–water partition coefficient (Wildman–Crippen LogP) is 4.12. The van der Waals surface area contributed by atoms with E-state index in [4.69, 9.17) is 18.9 Å². The van der Waals surface area contributed by atoms with Gasteiger partial charge in [-0.1, -0.05) is 78.9 Å². The molecule has 0 aliphatic carbocycles. The highest BCUT2D eigenvalue weighted by molar-refractivity contribution is 5.89. The molecule has 0 saturated carbocycles. The number of hydrogen-bond donors (Lipinski definition) is 1. The quantitative estimate of drug-likeness (QED) is 0.523. The number of aliphatic hydroxyl groups excluding tert-OH is 1. The van der Waals surface area contributed by atoms with E-state index in [1.165, 1.54) is 0 Å². The zero-order valence-corrected chi connectivity index (χ0v) is 18.4. The minimum absolute atomic E-state index is 0.227. The number of esters is 1. The lowest BCUT2D eigenvalue weighted by Crippen LogP contribution is -2.59. The average Bonchev–Trinajstić information content (AvgIpc) is 2.85. The van der Waals surface area contributed by atoms with Gasteiger partial charge in [0.2, 0.25) is 0 Å². The number of carbonyl (C=O) groups excluding carboxylic acids is 1. The van der Waals surface area contributed by atoms with E-state index in [1.807, 2.05) is 66.7 Å². The minimum atomic E-state index is -1.27. The van der Waals surface area contributed by atoms with Crippen LogP contribution in [0.5, 0.6) is 0 Å². The highest BCUT2D eigenvalue weighted by Gasteiger charge is 2.47. The standard InChI is InChI=1S/C27H28O6/c1-19-23(30-17-20-11-5-2-6-12-20)24(33-26(28)22-15-9-4-10-16-22)25(27(29)32-19)31-18-21-13-7-3-8-14-21/h2-16,19,23-25,27,29H,17-18H2,1H3/t19-,23+,24+,25-,27?/m0/s1. The Labute approximate surface area is 193 Å². The number of aliphatic hydroxyl groups is 1. The zero-order valence-electron chi connectivity index (χ0n) is 18.4. The fraction of sp³-hybridized carbons (Fsp3) is 0.296. The molecule has 1 N–H and O–H groups in total. The fourth-order valence-electron chi connectivity index (χ4n) is 3.83. The van der Waals surface area contributed by atoms with Crippen LogP contribution in [-0.2, 0) is 32.2 Å². The largest absolute Gasteiger partial charge is 0.453 e. The van der Waals surface area contributed by atoms with Crippen molar-refractivity contribution >= 4 is 5.97 Å². The van der Waals surface area contributed by atoms with Crippen LogP contribution in [0, 0.1) is 0 Å². The Kier molecular flexibility index (Phi) is 7.86. The van der Waals surface area contributed by atoms with Crippen LogP contribution in [0.4, 0.5) is 0 Å². The molecule has 1 unspecified atom stereocenters.